The summed E-state index contributed by atoms with van der Waals surface area (Å²) in [5.74, 6) is -1.33. The maximum Gasteiger partial charge on any atom is 0.267 e. The Morgan fingerprint density at radius 1 is 1.44 bits per heavy atom. The summed E-state index contributed by atoms with van der Waals surface area (Å²) in [7, 11) is 0. The Kier molecular flexibility index (Phi) is 3.94. The molecule has 4 rings (SSSR count). The second-order valence-electron chi connectivity index (χ2n) is 6.65. The van der Waals surface area contributed by atoms with E-state index in [0.29, 0.717) is 29.8 Å². The average molecular weight is 372 g/mol. The molecule has 0 radical (unpaired) electrons. The molecule has 140 valence electrons. The van der Waals surface area contributed by atoms with E-state index in [1.54, 1.807) is 6.92 Å². The zero-order valence-electron chi connectivity index (χ0n) is 14.7. The van der Waals surface area contributed by atoms with E-state index >= 15 is 0 Å². The number of nitrogens with zero attached hydrogens (tertiary/aromatic N) is 3. The third-order valence-electron chi connectivity index (χ3n) is 4.79. The molecular formula is C18H17FN4O4. The zero-order valence-corrected chi connectivity index (χ0v) is 14.7. The van der Waals surface area contributed by atoms with Gasteiger partial charge in [0.05, 0.1) is 12.1 Å². The number of carbonyl (C=O) groups excluding carboxylic acids is 1. The van der Waals surface area contributed by atoms with E-state index < -0.39 is 28.6 Å². The summed E-state index contributed by atoms with van der Waals surface area (Å²) >= 11 is 0. The first-order valence-electron chi connectivity index (χ1n) is 8.53. The van der Waals surface area contributed by atoms with Gasteiger partial charge in [0.25, 0.3) is 11.5 Å². The van der Waals surface area contributed by atoms with Gasteiger partial charge < -0.3 is 19.4 Å². The van der Waals surface area contributed by atoms with Gasteiger partial charge in [0.1, 0.15) is 17.1 Å². The molecule has 3 heterocycles. The fourth-order valence-corrected chi connectivity index (χ4v) is 3.54. The molecule has 1 amide bonds. The number of nitrogens with one attached hydrogen (secondary N) is 1. The molecule has 8 nitrogen and oxygen atoms in total. The fraction of sp³-hybridized carbons (Fsp3) is 0.333. The van der Waals surface area contributed by atoms with Crippen molar-refractivity contribution in [3.63, 3.8) is 0 Å². The highest BCUT2D eigenvalue weighted by molar-refractivity contribution is 6.03. The first-order valence-corrected chi connectivity index (χ1v) is 8.53. The third-order valence-corrected chi connectivity index (χ3v) is 4.79. The third kappa shape index (κ3) is 2.75. The highest BCUT2D eigenvalue weighted by Gasteiger charge is 2.28. The van der Waals surface area contributed by atoms with Crippen LogP contribution in [0, 0.1) is 12.7 Å². The van der Waals surface area contributed by atoms with Gasteiger partial charge in [-0.1, -0.05) is 0 Å². The lowest BCUT2D eigenvalue weighted by Gasteiger charge is -2.26. The predicted molar refractivity (Wildman–Crippen MR) is 93.1 cm³/mol. The van der Waals surface area contributed by atoms with E-state index in [-0.39, 0.29) is 23.9 Å². The number of pyridine rings is 1. The molecular weight excluding hydrogens is 355 g/mol. The van der Waals surface area contributed by atoms with Crippen LogP contribution in [0.3, 0.4) is 0 Å². The molecule has 0 saturated heterocycles. The molecule has 3 aromatic rings. The molecule has 0 fully saturated rings. The molecule has 9 heteroatoms. The monoisotopic (exact) mass is 372 g/mol. The Morgan fingerprint density at radius 3 is 2.93 bits per heavy atom. The smallest absolute Gasteiger partial charge is 0.267 e. The first-order chi connectivity index (χ1) is 12.9. The number of aromatic nitrogens is 3. The number of amides is 1. The van der Waals surface area contributed by atoms with Crippen LogP contribution in [0.15, 0.2) is 21.3 Å². The molecule has 0 aliphatic carbocycles. The Labute approximate surface area is 152 Å². The van der Waals surface area contributed by atoms with Crippen molar-refractivity contribution in [3.05, 3.63) is 51.2 Å². The number of aromatic hydroxyl groups is 1. The number of rotatable bonds is 3. The molecule has 0 saturated carbocycles. The van der Waals surface area contributed by atoms with Crippen molar-refractivity contribution < 1.29 is 18.7 Å². The summed E-state index contributed by atoms with van der Waals surface area (Å²) in [5, 5.41) is 20.6. The quantitative estimate of drug-likeness (QED) is 0.727. The van der Waals surface area contributed by atoms with Crippen LogP contribution in [-0.2, 0) is 13.0 Å². The average Bonchev–Trinajstić information content (AvgIpc) is 3.04. The lowest BCUT2D eigenvalue weighted by molar-refractivity contribution is 0.0942. The molecule has 1 aromatic carbocycles. The minimum atomic E-state index is -0.789. The molecule has 2 aromatic heterocycles. The van der Waals surface area contributed by atoms with Gasteiger partial charge >= 0.3 is 0 Å². The molecule has 0 spiro atoms. The van der Waals surface area contributed by atoms with Crippen LogP contribution in [0.5, 0.6) is 5.75 Å². The normalized spacial score (nSPS) is 15.9. The maximum absolute atomic E-state index is 14.0. The van der Waals surface area contributed by atoms with Crippen molar-refractivity contribution >= 4 is 16.8 Å². The number of hydrogen-bond acceptors (Lipinski definition) is 6. The SMILES string of the molecule is Cc1nnc(CNC(=O)c2c(O)c3cc(F)cc4c3n(c2=O)C(C)CC4)o1. The second kappa shape index (κ2) is 6.19. The van der Waals surface area contributed by atoms with E-state index in [9.17, 15) is 19.1 Å². The van der Waals surface area contributed by atoms with Crippen molar-refractivity contribution in [2.45, 2.75) is 39.3 Å². The number of hydrogen-bond donors (Lipinski definition) is 2. The zero-order chi connectivity index (χ0) is 19.3. The van der Waals surface area contributed by atoms with E-state index in [1.165, 1.54) is 10.6 Å². The Hall–Kier alpha value is -3.23. The van der Waals surface area contributed by atoms with Crippen molar-refractivity contribution in [1.29, 1.82) is 0 Å². The van der Waals surface area contributed by atoms with Crippen molar-refractivity contribution in [2.75, 3.05) is 0 Å². The highest BCUT2D eigenvalue weighted by Crippen LogP contribution is 2.35. The topological polar surface area (TPSA) is 110 Å². The molecule has 1 aliphatic rings. The minimum absolute atomic E-state index is 0.0967. The molecule has 1 unspecified atom stereocenters. The standard InChI is InChI=1S/C18H17FN4O4/c1-8-3-4-10-5-11(19)6-12-15(10)23(8)18(26)14(16(12)24)17(25)20-7-13-22-21-9(2)27-13/h5-6,8,24H,3-4,7H2,1-2H3,(H,20,25). The van der Waals surface area contributed by atoms with Gasteiger partial charge in [-0.3, -0.25) is 9.59 Å². The van der Waals surface area contributed by atoms with Crippen LogP contribution in [0.25, 0.3) is 10.9 Å². The van der Waals surface area contributed by atoms with Crippen molar-refractivity contribution in [1.82, 2.24) is 20.1 Å². The number of halogens is 1. The van der Waals surface area contributed by atoms with Crippen LogP contribution < -0.4 is 10.9 Å². The van der Waals surface area contributed by atoms with Gasteiger partial charge in [0.15, 0.2) is 0 Å². The Bertz CT molecular complexity index is 1130. The number of aryl methyl sites for hydroxylation is 2. The predicted octanol–water partition coefficient (Wildman–Crippen LogP) is 1.97. The van der Waals surface area contributed by atoms with Crippen LogP contribution in [0.1, 0.15) is 47.1 Å². The Morgan fingerprint density at radius 2 is 2.22 bits per heavy atom. The minimum Gasteiger partial charge on any atom is -0.506 e. The summed E-state index contributed by atoms with van der Waals surface area (Å²) in [6.45, 7) is 3.37. The van der Waals surface area contributed by atoms with E-state index in [2.05, 4.69) is 15.5 Å². The van der Waals surface area contributed by atoms with Gasteiger partial charge in [-0.15, -0.1) is 10.2 Å². The lowest BCUT2D eigenvalue weighted by Crippen LogP contribution is -2.36. The lowest BCUT2D eigenvalue weighted by atomic mass is 9.95. The van der Waals surface area contributed by atoms with E-state index in [1.807, 2.05) is 6.92 Å². The van der Waals surface area contributed by atoms with Crippen LogP contribution in [-0.4, -0.2) is 25.8 Å². The molecule has 1 aliphatic heterocycles. The number of carbonyl (C=O) groups is 1. The van der Waals surface area contributed by atoms with E-state index in [0.717, 1.165) is 6.07 Å². The van der Waals surface area contributed by atoms with Gasteiger partial charge in [-0.05, 0) is 37.5 Å². The van der Waals surface area contributed by atoms with Gasteiger partial charge in [-0.25, -0.2) is 4.39 Å². The molecule has 0 bridgehead atoms. The summed E-state index contributed by atoms with van der Waals surface area (Å²) in [6.07, 6.45) is 1.23. The first kappa shape index (κ1) is 17.2. The maximum atomic E-state index is 14.0. The number of benzene rings is 1. The second-order valence-corrected chi connectivity index (χ2v) is 6.65. The summed E-state index contributed by atoms with van der Waals surface area (Å²) < 4.78 is 20.6. The molecule has 1 atom stereocenters. The summed E-state index contributed by atoms with van der Waals surface area (Å²) in [4.78, 5) is 25.6. The molecule has 2 N–H and O–H groups in total. The van der Waals surface area contributed by atoms with Gasteiger partial charge in [0, 0.05) is 18.4 Å². The Balaban J connectivity index is 1.83. The molecule has 27 heavy (non-hydrogen) atoms. The van der Waals surface area contributed by atoms with Gasteiger partial charge in [-0.2, -0.15) is 0 Å². The highest BCUT2D eigenvalue weighted by atomic mass is 19.1. The van der Waals surface area contributed by atoms with Gasteiger partial charge in [0.2, 0.25) is 11.8 Å². The fourth-order valence-electron chi connectivity index (χ4n) is 3.54. The van der Waals surface area contributed by atoms with Crippen molar-refractivity contribution in [2.24, 2.45) is 0 Å². The summed E-state index contributed by atoms with van der Waals surface area (Å²) in [5.41, 5.74) is 0.0776. The van der Waals surface area contributed by atoms with Crippen molar-refractivity contribution in [3.8, 4) is 5.75 Å². The van der Waals surface area contributed by atoms with E-state index in [4.69, 9.17) is 4.42 Å². The largest absolute Gasteiger partial charge is 0.506 e. The van der Waals surface area contributed by atoms with Crippen LogP contribution in [0.2, 0.25) is 0 Å². The van der Waals surface area contributed by atoms with Crippen LogP contribution >= 0.6 is 0 Å². The van der Waals surface area contributed by atoms with Crippen LogP contribution in [0.4, 0.5) is 4.39 Å². The summed E-state index contributed by atoms with van der Waals surface area (Å²) in [6, 6.07) is 2.32.